The van der Waals surface area contributed by atoms with Crippen LogP contribution >= 0.6 is 0 Å². The molecule has 19 heavy (non-hydrogen) atoms. The molecule has 0 amide bonds. The van der Waals surface area contributed by atoms with Gasteiger partial charge in [-0.3, -0.25) is 0 Å². The van der Waals surface area contributed by atoms with Crippen molar-refractivity contribution in [3.8, 4) is 0 Å². The van der Waals surface area contributed by atoms with E-state index in [0.717, 1.165) is 32.5 Å². The van der Waals surface area contributed by atoms with E-state index < -0.39 is 0 Å². The molecule has 0 spiro atoms. The SMILES string of the molecule is CN(C)CC1CCN(c2ccc(CO)cc2F)CC1. The quantitative estimate of drug-likeness (QED) is 0.904. The van der Waals surface area contributed by atoms with Gasteiger partial charge >= 0.3 is 0 Å². The molecule has 2 rings (SSSR count). The Kier molecular flexibility index (Phi) is 4.77. The van der Waals surface area contributed by atoms with E-state index in [-0.39, 0.29) is 12.4 Å². The molecule has 0 unspecified atom stereocenters. The highest BCUT2D eigenvalue weighted by molar-refractivity contribution is 5.49. The van der Waals surface area contributed by atoms with Crippen molar-refractivity contribution >= 4 is 5.69 Å². The summed E-state index contributed by atoms with van der Waals surface area (Å²) < 4.78 is 14.0. The predicted octanol–water partition coefficient (Wildman–Crippen LogP) is 2.10. The number of hydrogen-bond donors (Lipinski definition) is 1. The molecule has 1 aliphatic rings. The number of anilines is 1. The number of nitrogens with zero attached hydrogens (tertiary/aromatic N) is 2. The summed E-state index contributed by atoms with van der Waals surface area (Å²) >= 11 is 0. The van der Waals surface area contributed by atoms with E-state index >= 15 is 0 Å². The molecule has 1 fully saturated rings. The lowest BCUT2D eigenvalue weighted by atomic mass is 9.96. The summed E-state index contributed by atoms with van der Waals surface area (Å²) in [6.07, 6.45) is 2.22. The van der Waals surface area contributed by atoms with Crippen molar-refractivity contribution in [1.29, 1.82) is 0 Å². The molecule has 1 aromatic rings. The zero-order valence-electron chi connectivity index (χ0n) is 11.8. The van der Waals surface area contributed by atoms with Crippen LogP contribution in [0.1, 0.15) is 18.4 Å². The van der Waals surface area contributed by atoms with Crippen molar-refractivity contribution in [3.63, 3.8) is 0 Å². The van der Waals surface area contributed by atoms with Gasteiger partial charge in [-0.1, -0.05) is 6.07 Å². The number of hydrogen-bond acceptors (Lipinski definition) is 3. The molecule has 0 bridgehead atoms. The van der Waals surface area contributed by atoms with Gasteiger partial charge in [-0.25, -0.2) is 4.39 Å². The molecule has 0 saturated carbocycles. The minimum Gasteiger partial charge on any atom is -0.392 e. The van der Waals surface area contributed by atoms with Crippen LogP contribution in [0, 0.1) is 11.7 Å². The van der Waals surface area contributed by atoms with Gasteiger partial charge in [-0.15, -0.1) is 0 Å². The molecule has 0 atom stereocenters. The van der Waals surface area contributed by atoms with E-state index in [1.165, 1.54) is 6.07 Å². The van der Waals surface area contributed by atoms with Crippen LogP contribution in [0.25, 0.3) is 0 Å². The number of piperidine rings is 1. The van der Waals surface area contributed by atoms with Crippen molar-refractivity contribution in [2.75, 3.05) is 38.6 Å². The molecular formula is C15H23FN2O. The number of rotatable bonds is 4. The first-order valence-corrected chi connectivity index (χ1v) is 6.89. The summed E-state index contributed by atoms with van der Waals surface area (Å²) in [7, 11) is 4.19. The maximum Gasteiger partial charge on any atom is 0.146 e. The Balaban J connectivity index is 1.97. The summed E-state index contributed by atoms with van der Waals surface area (Å²) in [5.74, 6) is 0.489. The third kappa shape index (κ3) is 3.67. The van der Waals surface area contributed by atoms with Crippen molar-refractivity contribution < 1.29 is 9.50 Å². The summed E-state index contributed by atoms with van der Waals surface area (Å²) in [5, 5.41) is 9.00. The normalized spacial score (nSPS) is 17.2. The second kappa shape index (κ2) is 6.35. The van der Waals surface area contributed by atoms with Crippen molar-refractivity contribution in [2.24, 2.45) is 5.92 Å². The zero-order valence-corrected chi connectivity index (χ0v) is 11.8. The summed E-state index contributed by atoms with van der Waals surface area (Å²) in [5.41, 5.74) is 1.30. The monoisotopic (exact) mass is 266 g/mol. The van der Waals surface area contributed by atoms with E-state index in [2.05, 4.69) is 23.9 Å². The molecule has 4 heteroatoms. The first kappa shape index (κ1) is 14.3. The molecule has 1 heterocycles. The number of aliphatic hydroxyl groups is 1. The van der Waals surface area contributed by atoms with E-state index in [1.54, 1.807) is 12.1 Å². The van der Waals surface area contributed by atoms with E-state index in [1.807, 2.05) is 0 Å². The van der Waals surface area contributed by atoms with Crippen molar-refractivity contribution in [1.82, 2.24) is 4.90 Å². The molecule has 1 N–H and O–H groups in total. The van der Waals surface area contributed by atoms with Crippen LogP contribution in [0.5, 0.6) is 0 Å². The van der Waals surface area contributed by atoms with Crippen LogP contribution in [0.3, 0.4) is 0 Å². The van der Waals surface area contributed by atoms with Crippen LogP contribution in [0.2, 0.25) is 0 Å². The largest absolute Gasteiger partial charge is 0.392 e. The average Bonchev–Trinajstić information content (AvgIpc) is 2.39. The minimum absolute atomic E-state index is 0.109. The van der Waals surface area contributed by atoms with Crippen LogP contribution in [-0.4, -0.2) is 43.7 Å². The summed E-state index contributed by atoms with van der Waals surface area (Å²) in [4.78, 5) is 4.33. The van der Waals surface area contributed by atoms with Crippen LogP contribution < -0.4 is 4.90 Å². The topological polar surface area (TPSA) is 26.7 Å². The smallest absolute Gasteiger partial charge is 0.146 e. The summed E-state index contributed by atoms with van der Waals surface area (Å²) in [6, 6.07) is 5.01. The Morgan fingerprint density at radius 3 is 2.53 bits per heavy atom. The van der Waals surface area contributed by atoms with Crippen molar-refractivity contribution in [2.45, 2.75) is 19.4 Å². The van der Waals surface area contributed by atoms with Gasteiger partial charge < -0.3 is 14.9 Å². The minimum atomic E-state index is -0.224. The third-order valence-electron chi connectivity index (χ3n) is 3.77. The van der Waals surface area contributed by atoms with E-state index in [9.17, 15) is 4.39 Å². The van der Waals surface area contributed by atoms with Gasteiger partial charge in [0.15, 0.2) is 0 Å². The first-order valence-electron chi connectivity index (χ1n) is 6.89. The van der Waals surface area contributed by atoms with Gasteiger partial charge in [0.05, 0.1) is 12.3 Å². The lowest BCUT2D eigenvalue weighted by Crippen LogP contribution is -2.37. The van der Waals surface area contributed by atoms with Gasteiger partial charge in [0.1, 0.15) is 5.82 Å². The fourth-order valence-electron chi connectivity index (χ4n) is 2.78. The fraction of sp³-hybridized carbons (Fsp3) is 0.600. The molecule has 106 valence electrons. The summed E-state index contributed by atoms with van der Waals surface area (Å²) in [6.45, 7) is 2.82. The van der Waals surface area contributed by atoms with Gasteiger partial charge in [-0.2, -0.15) is 0 Å². The number of benzene rings is 1. The van der Waals surface area contributed by atoms with Gasteiger partial charge in [-0.05, 0) is 50.6 Å². The maximum atomic E-state index is 14.0. The predicted molar refractivity (Wildman–Crippen MR) is 75.8 cm³/mol. The Morgan fingerprint density at radius 1 is 1.32 bits per heavy atom. The first-order chi connectivity index (χ1) is 9.10. The van der Waals surface area contributed by atoms with Crippen LogP contribution in [0.4, 0.5) is 10.1 Å². The lowest BCUT2D eigenvalue weighted by molar-refractivity contribution is 0.280. The Bertz CT molecular complexity index is 415. The van der Waals surface area contributed by atoms with Gasteiger partial charge in [0.2, 0.25) is 0 Å². The fourth-order valence-corrected chi connectivity index (χ4v) is 2.78. The maximum absolute atomic E-state index is 14.0. The molecule has 0 aliphatic carbocycles. The Labute approximate surface area is 114 Å². The average molecular weight is 266 g/mol. The van der Waals surface area contributed by atoms with Crippen LogP contribution in [0.15, 0.2) is 18.2 Å². The molecule has 1 saturated heterocycles. The number of halogens is 1. The molecular weight excluding hydrogens is 243 g/mol. The molecule has 1 aliphatic heterocycles. The second-order valence-electron chi connectivity index (χ2n) is 5.64. The van der Waals surface area contributed by atoms with Crippen molar-refractivity contribution in [3.05, 3.63) is 29.6 Å². The molecule has 0 aromatic heterocycles. The third-order valence-corrected chi connectivity index (χ3v) is 3.77. The Hall–Kier alpha value is -1.13. The van der Waals surface area contributed by atoms with Gasteiger partial charge in [0, 0.05) is 19.6 Å². The van der Waals surface area contributed by atoms with Gasteiger partial charge in [0.25, 0.3) is 0 Å². The number of aliphatic hydroxyl groups excluding tert-OH is 1. The van der Waals surface area contributed by atoms with E-state index in [0.29, 0.717) is 17.2 Å². The van der Waals surface area contributed by atoms with Crippen LogP contribution in [-0.2, 0) is 6.61 Å². The molecule has 3 nitrogen and oxygen atoms in total. The highest BCUT2D eigenvalue weighted by Gasteiger charge is 2.21. The highest BCUT2D eigenvalue weighted by Crippen LogP contribution is 2.26. The lowest BCUT2D eigenvalue weighted by Gasteiger charge is -2.34. The zero-order chi connectivity index (χ0) is 13.8. The Morgan fingerprint density at radius 2 is 2.00 bits per heavy atom. The van der Waals surface area contributed by atoms with E-state index in [4.69, 9.17) is 5.11 Å². The molecule has 0 radical (unpaired) electrons. The standard InChI is InChI=1S/C15H23FN2O/c1-17(2)10-12-5-7-18(8-6-12)15-4-3-13(11-19)9-14(15)16/h3-4,9,12,19H,5-8,10-11H2,1-2H3. The second-order valence-corrected chi connectivity index (χ2v) is 5.64. The highest BCUT2D eigenvalue weighted by atomic mass is 19.1. The molecule has 1 aromatic carbocycles.